The summed E-state index contributed by atoms with van der Waals surface area (Å²) < 4.78 is 5.00. The molecule has 0 saturated carbocycles. The summed E-state index contributed by atoms with van der Waals surface area (Å²) in [5.41, 5.74) is 0.935. The monoisotopic (exact) mass is 236 g/mol. The normalized spacial score (nSPS) is 10.0. The largest absolute Gasteiger partial charge is 0.452 e. The molecule has 1 heterocycles. The number of rotatable bonds is 3. The fourth-order valence-corrected chi connectivity index (χ4v) is 1.45. The molecule has 0 saturated heterocycles. The molecule has 0 amide bonds. The van der Waals surface area contributed by atoms with Crippen LogP contribution in [0.1, 0.15) is 5.56 Å². The lowest BCUT2D eigenvalue weighted by Gasteiger charge is -2.01. The average molecular weight is 236 g/mol. The van der Waals surface area contributed by atoms with E-state index in [4.69, 9.17) is 4.74 Å². The molecule has 82 valence electrons. The molecule has 1 aromatic heterocycles. The number of H-pyrrole nitrogens is 1. The maximum atomic E-state index is 11.3. The van der Waals surface area contributed by atoms with E-state index in [0.29, 0.717) is 0 Å². The number of aromatic nitrogens is 4. The van der Waals surface area contributed by atoms with Crippen molar-refractivity contribution in [3.8, 4) is 0 Å². The Morgan fingerprint density at radius 2 is 2.19 bits per heavy atom. The van der Waals surface area contributed by atoms with Gasteiger partial charge in [-0.25, -0.2) is 4.79 Å². The molecule has 1 aromatic carbocycles. The average Bonchev–Trinajstić information content (AvgIpc) is 2.81. The minimum Gasteiger partial charge on any atom is -0.452 e. The standard InChI is InChI=1S/C9H8N4O2S/c14-9(16-8-10-12-13-11-8)15-6-7-4-2-1-3-5-7/h1-5H,6H2,(H,10,11,12,13). The molecule has 0 aliphatic rings. The van der Waals surface area contributed by atoms with E-state index in [2.05, 4.69) is 20.6 Å². The Morgan fingerprint density at radius 1 is 1.38 bits per heavy atom. The maximum Gasteiger partial charge on any atom is 0.375 e. The third-order valence-corrected chi connectivity index (χ3v) is 2.34. The SMILES string of the molecule is O=C(OCc1ccccc1)Sc1nn[nH]n1. The number of ether oxygens (including phenoxy) is 1. The molecule has 0 unspecified atom stereocenters. The van der Waals surface area contributed by atoms with Crippen molar-refractivity contribution in [2.24, 2.45) is 0 Å². The molecule has 0 aliphatic carbocycles. The van der Waals surface area contributed by atoms with Crippen molar-refractivity contribution in [2.45, 2.75) is 11.8 Å². The Balaban J connectivity index is 1.80. The fourth-order valence-electron chi connectivity index (χ4n) is 1.02. The number of carbonyl (C=O) groups is 1. The second-order valence-corrected chi connectivity index (χ2v) is 3.72. The lowest BCUT2D eigenvalue weighted by atomic mass is 10.2. The molecule has 0 fully saturated rings. The first-order valence-electron chi connectivity index (χ1n) is 4.46. The van der Waals surface area contributed by atoms with Crippen molar-refractivity contribution < 1.29 is 9.53 Å². The minimum absolute atomic E-state index is 0.241. The summed E-state index contributed by atoms with van der Waals surface area (Å²) in [6.45, 7) is 0.241. The van der Waals surface area contributed by atoms with Crippen LogP contribution in [-0.4, -0.2) is 25.9 Å². The Kier molecular flexibility index (Phi) is 3.50. The van der Waals surface area contributed by atoms with Gasteiger partial charge in [0.25, 0.3) is 0 Å². The van der Waals surface area contributed by atoms with Crippen LogP contribution in [0.4, 0.5) is 4.79 Å². The van der Waals surface area contributed by atoms with Crippen LogP contribution >= 0.6 is 11.8 Å². The molecule has 16 heavy (non-hydrogen) atoms. The molecule has 7 heteroatoms. The van der Waals surface area contributed by atoms with Crippen LogP contribution in [0, 0.1) is 0 Å². The first kappa shape index (κ1) is 10.6. The van der Waals surface area contributed by atoms with Crippen molar-refractivity contribution in [2.75, 3.05) is 0 Å². The van der Waals surface area contributed by atoms with Crippen molar-refractivity contribution in [1.29, 1.82) is 0 Å². The van der Waals surface area contributed by atoms with Gasteiger partial charge in [-0.3, -0.25) is 0 Å². The van der Waals surface area contributed by atoms with E-state index >= 15 is 0 Å². The maximum absolute atomic E-state index is 11.3. The summed E-state index contributed by atoms with van der Waals surface area (Å²) in [4.78, 5) is 11.3. The topological polar surface area (TPSA) is 80.8 Å². The molecule has 2 aromatic rings. The van der Waals surface area contributed by atoms with Gasteiger partial charge in [0.2, 0.25) is 5.16 Å². The zero-order valence-corrected chi connectivity index (χ0v) is 8.98. The van der Waals surface area contributed by atoms with Gasteiger partial charge in [-0.05, 0) is 10.8 Å². The number of thioether (sulfide) groups is 1. The Hall–Kier alpha value is -1.89. The van der Waals surface area contributed by atoms with Crippen LogP contribution in [0.3, 0.4) is 0 Å². The summed E-state index contributed by atoms with van der Waals surface area (Å²) in [6, 6.07) is 9.43. The third-order valence-electron chi connectivity index (χ3n) is 1.70. The van der Waals surface area contributed by atoms with E-state index in [1.807, 2.05) is 30.3 Å². The highest BCUT2D eigenvalue weighted by Crippen LogP contribution is 2.14. The van der Waals surface area contributed by atoms with Crippen molar-refractivity contribution >= 4 is 17.1 Å². The zero-order valence-electron chi connectivity index (χ0n) is 8.16. The van der Waals surface area contributed by atoms with Gasteiger partial charge in [0.05, 0.1) is 0 Å². The lowest BCUT2D eigenvalue weighted by molar-refractivity contribution is 0.168. The van der Waals surface area contributed by atoms with Crippen molar-refractivity contribution in [3.05, 3.63) is 35.9 Å². The molecule has 0 aliphatic heterocycles. The van der Waals surface area contributed by atoms with Gasteiger partial charge in [-0.15, -0.1) is 10.2 Å². The Morgan fingerprint density at radius 3 is 2.88 bits per heavy atom. The zero-order chi connectivity index (χ0) is 11.2. The predicted molar refractivity (Wildman–Crippen MR) is 56.7 cm³/mol. The summed E-state index contributed by atoms with van der Waals surface area (Å²) in [7, 11) is 0. The quantitative estimate of drug-likeness (QED) is 0.644. The predicted octanol–water partition coefficient (Wildman–Crippen LogP) is 1.63. The second-order valence-electron chi connectivity index (χ2n) is 2.82. The summed E-state index contributed by atoms with van der Waals surface area (Å²) in [6.07, 6.45) is 0. The number of aromatic amines is 1. The molecule has 2 rings (SSSR count). The number of hydrogen-bond acceptors (Lipinski definition) is 6. The molecule has 6 nitrogen and oxygen atoms in total. The Labute approximate surface area is 95.4 Å². The van der Waals surface area contributed by atoms with E-state index in [1.165, 1.54) is 0 Å². The van der Waals surface area contributed by atoms with Crippen LogP contribution in [0.5, 0.6) is 0 Å². The number of nitrogens with zero attached hydrogens (tertiary/aromatic N) is 3. The van der Waals surface area contributed by atoms with Crippen molar-refractivity contribution in [1.82, 2.24) is 20.6 Å². The third kappa shape index (κ3) is 3.06. The number of carbonyl (C=O) groups excluding carboxylic acids is 1. The number of hydrogen-bond donors (Lipinski definition) is 1. The first-order chi connectivity index (χ1) is 7.84. The summed E-state index contributed by atoms with van der Waals surface area (Å²) in [5.74, 6) is 0. The fraction of sp³-hybridized carbons (Fsp3) is 0.111. The number of nitrogens with one attached hydrogen (secondary N) is 1. The number of tetrazole rings is 1. The van der Waals surface area contributed by atoms with E-state index in [0.717, 1.165) is 17.3 Å². The van der Waals surface area contributed by atoms with Gasteiger partial charge in [-0.2, -0.15) is 5.21 Å². The van der Waals surface area contributed by atoms with E-state index in [-0.39, 0.29) is 11.8 Å². The lowest BCUT2D eigenvalue weighted by Crippen LogP contribution is -1.98. The molecule has 0 radical (unpaired) electrons. The molecule has 1 N–H and O–H groups in total. The van der Waals surface area contributed by atoms with E-state index < -0.39 is 5.30 Å². The van der Waals surface area contributed by atoms with Gasteiger partial charge in [0.15, 0.2) is 0 Å². The van der Waals surface area contributed by atoms with Gasteiger partial charge in [-0.1, -0.05) is 30.3 Å². The first-order valence-corrected chi connectivity index (χ1v) is 5.28. The smallest absolute Gasteiger partial charge is 0.375 e. The Bertz CT molecular complexity index is 446. The van der Waals surface area contributed by atoms with Gasteiger partial charge in [0, 0.05) is 11.8 Å². The van der Waals surface area contributed by atoms with Crippen LogP contribution in [-0.2, 0) is 11.3 Å². The van der Waals surface area contributed by atoms with Crippen molar-refractivity contribution in [3.63, 3.8) is 0 Å². The van der Waals surface area contributed by atoms with Gasteiger partial charge in [0.1, 0.15) is 6.61 Å². The summed E-state index contributed by atoms with van der Waals surface area (Å²) >= 11 is 0.792. The molecular weight excluding hydrogens is 228 g/mol. The number of benzene rings is 1. The summed E-state index contributed by atoms with van der Waals surface area (Å²) in [5, 5.41) is 12.6. The van der Waals surface area contributed by atoms with Crippen LogP contribution in [0.2, 0.25) is 0 Å². The molecule has 0 atom stereocenters. The van der Waals surface area contributed by atoms with E-state index in [1.54, 1.807) is 0 Å². The van der Waals surface area contributed by atoms with Gasteiger partial charge < -0.3 is 4.74 Å². The van der Waals surface area contributed by atoms with Crippen LogP contribution in [0.15, 0.2) is 35.5 Å². The van der Waals surface area contributed by atoms with Gasteiger partial charge >= 0.3 is 5.30 Å². The minimum atomic E-state index is -0.453. The van der Waals surface area contributed by atoms with Crippen LogP contribution < -0.4 is 0 Å². The van der Waals surface area contributed by atoms with Crippen LogP contribution in [0.25, 0.3) is 0 Å². The van der Waals surface area contributed by atoms with E-state index in [9.17, 15) is 4.79 Å². The molecule has 0 bridgehead atoms. The molecular formula is C9H8N4O2S. The second kappa shape index (κ2) is 5.26. The highest BCUT2D eigenvalue weighted by molar-refractivity contribution is 8.13. The highest BCUT2D eigenvalue weighted by atomic mass is 32.2. The highest BCUT2D eigenvalue weighted by Gasteiger charge is 2.09. The molecule has 0 spiro atoms.